The Hall–Kier alpha value is -1.10. The minimum absolute atomic E-state index is 0.00285. The van der Waals surface area contributed by atoms with Crippen LogP contribution in [0.3, 0.4) is 0 Å². The largest absolute Gasteiger partial charge is 0.469 e. The van der Waals surface area contributed by atoms with Crippen LogP contribution >= 0.6 is 0 Å². The summed E-state index contributed by atoms with van der Waals surface area (Å²) in [7, 11) is 1.27. The maximum Gasteiger partial charge on any atom is 0.306 e. The smallest absolute Gasteiger partial charge is 0.306 e. The average Bonchev–Trinajstić information content (AvgIpc) is 2.10. The van der Waals surface area contributed by atoms with E-state index >= 15 is 0 Å². The molecule has 0 aliphatic rings. The molecule has 1 unspecified atom stereocenters. The Morgan fingerprint density at radius 2 is 1.75 bits per heavy atom. The lowest BCUT2D eigenvalue weighted by Crippen LogP contribution is -2.28. The zero-order valence-corrected chi connectivity index (χ0v) is 10.3. The Morgan fingerprint density at radius 1 is 1.25 bits per heavy atom. The number of ether oxygens (including phenoxy) is 2. The first-order valence-electron chi connectivity index (χ1n) is 5.23. The minimum atomic E-state index is -0.873. The van der Waals surface area contributed by atoms with Crippen molar-refractivity contribution in [3.05, 3.63) is 0 Å². The summed E-state index contributed by atoms with van der Waals surface area (Å²) in [5.41, 5.74) is -0.873. The molecule has 0 rings (SSSR count). The summed E-state index contributed by atoms with van der Waals surface area (Å²) in [6.45, 7) is 4.99. The van der Waals surface area contributed by atoms with Crippen LogP contribution in [-0.4, -0.2) is 35.9 Å². The fraction of sp³-hybridized carbons (Fsp3) is 0.818. The van der Waals surface area contributed by atoms with Gasteiger partial charge in [-0.2, -0.15) is 0 Å². The van der Waals surface area contributed by atoms with Crippen LogP contribution < -0.4 is 0 Å². The zero-order valence-electron chi connectivity index (χ0n) is 10.3. The van der Waals surface area contributed by atoms with E-state index in [9.17, 15) is 14.7 Å². The van der Waals surface area contributed by atoms with Crippen LogP contribution in [0.15, 0.2) is 0 Å². The summed E-state index contributed by atoms with van der Waals surface area (Å²) in [5, 5.41) is 9.49. The predicted octanol–water partition coefficient (Wildman–Crippen LogP) is 1.03. The van der Waals surface area contributed by atoms with Gasteiger partial charge in [-0.1, -0.05) is 0 Å². The third-order valence-electron chi connectivity index (χ3n) is 1.88. The van der Waals surface area contributed by atoms with Crippen molar-refractivity contribution in [2.24, 2.45) is 0 Å². The average molecular weight is 232 g/mol. The van der Waals surface area contributed by atoms with Crippen molar-refractivity contribution in [3.8, 4) is 0 Å². The first kappa shape index (κ1) is 14.9. The number of rotatable bonds is 6. The molecule has 1 atom stereocenters. The molecular weight excluding hydrogens is 212 g/mol. The van der Waals surface area contributed by atoms with Crippen LogP contribution in [0.2, 0.25) is 0 Å². The molecule has 0 aromatic heterocycles. The highest BCUT2D eigenvalue weighted by atomic mass is 16.5. The van der Waals surface area contributed by atoms with E-state index in [1.807, 2.05) is 0 Å². The number of aliphatic hydroxyl groups is 1. The Labute approximate surface area is 95.7 Å². The summed E-state index contributed by atoms with van der Waals surface area (Å²) in [6.07, 6.45) is 0.00914. The topological polar surface area (TPSA) is 72.8 Å². The number of hydrogen-bond acceptors (Lipinski definition) is 5. The number of hydrogen-bond donors (Lipinski definition) is 1. The second-order valence-electron chi connectivity index (χ2n) is 4.39. The lowest BCUT2D eigenvalue weighted by molar-refractivity contribution is -0.153. The van der Waals surface area contributed by atoms with Crippen molar-refractivity contribution < 1.29 is 24.2 Å². The summed E-state index contributed by atoms with van der Waals surface area (Å²) in [5.74, 6) is -0.894. The van der Waals surface area contributed by atoms with Crippen LogP contribution in [0.5, 0.6) is 0 Å². The van der Waals surface area contributed by atoms with Gasteiger partial charge >= 0.3 is 11.9 Å². The maximum absolute atomic E-state index is 11.2. The van der Waals surface area contributed by atoms with Gasteiger partial charge in [0.1, 0.15) is 6.10 Å². The first-order chi connectivity index (χ1) is 7.24. The number of carbonyl (C=O) groups excluding carboxylic acids is 2. The van der Waals surface area contributed by atoms with Crippen LogP contribution in [0, 0.1) is 0 Å². The van der Waals surface area contributed by atoms with Gasteiger partial charge in [0.25, 0.3) is 0 Å². The zero-order chi connectivity index (χ0) is 12.8. The molecule has 0 aliphatic carbocycles. The van der Waals surface area contributed by atoms with Gasteiger partial charge in [0.2, 0.25) is 0 Å². The molecule has 0 saturated carbocycles. The second-order valence-corrected chi connectivity index (χ2v) is 4.39. The Kier molecular flexibility index (Phi) is 6.03. The van der Waals surface area contributed by atoms with E-state index in [0.29, 0.717) is 6.42 Å². The maximum atomic E-state index is 11.2. The summed E-state index contributed by atoms with van der Waals surface area (Å²) >= 11 is 0. The van der Waals surface area contributed by atoms with Gasteiger partial charge in [0.05, 0.1) is 25.6 Å². The van der Waals surface area contributed by atoms with Crippen LogP contribution in [0.4, 0.5) is 0 Å². The number of carbonyl (C=O) groups is 2. The van der Waals surface area contributed by atoms with Crippen molar-refractivity contribution in [2.45, 2.75) is 51.7 Å². The van der Waals surface area contributed by atoms with E-state index in [2.05, 4.69) is 4.74 Å². The van der Waals surface area contributed by atoms with Crippen molar-refractivity contribution in [2.75, 3.05) is 7.11 Å². The van der Waals surface area contributed by atoms with E-state index < -0.39 is 17.5 Å². The van der Waals surface area contributed by atoms with E-state index in [-0.39, 0.29) is 18.9 Å². The van der Waals surface area contributed by atoms with Gasteiger partial charge in [-0.25, -0.2) is 0 Å². The molecule has 0 fully saturated rings. The monoisotopic (exact) mass is 232 g/mol. The SMILES string of the molecule is COC(=O)CCC(=O)OC(C)CC(C)(C)O. The van der Waals surface area contributed by atoms with Gasteiger partial charge in [0.15, 0.2) is 0 Å². The molecule has 5 heteroatoms. The lowest BCUT2D eigenvalue weighted by atomic mass is 10.0. The quantitative estimate of drug-likeness (QED) is 0.692. The minimum Gasteiger partial charge on any atom is -0.469 e. The second kappa shape index (κ2) is 6.48. The molecule has 0 heterocycles. The van der Waals surface area contributed by atoms with E-state index in [1.54, 1.807) is 20.8 Å². The van der Waals surface area contributed by atoms with Crippen LogP contribution in [0.25, 0.3) is 0 Å². The van der Waals surface area contributed by atoms with Gasteiger partial charge in [-0.05, 0) is 20.8 Å². The fourth-order valence-electron chi connectivity index (χ4n) is 1.33. The normalized spacial score (nSPS) is 13.1. The van der Waals surface area contributed by atoms with E-state index in [1.165, 1.54) is 7.11 Å². The van der Waals surface area contributed by atoms with E-state index in [0.717, 1.165) is 0 Å². The van der Waals surface area contributed by atoms with Gasteiger partial charge < -0.3 is 14.6 Å². The standard InChI is InChI=1S/C11H20O5/c1-8(7-11(2,3)14)16-10(13)6-5-9(12)15-4/h8,14H,5-7H2,1-4H3. The summed E-state index contributed by atoms with van der Waals surface area (Å²) < 4.78 is 9.41. The highest BCUT2D eigenvalue weighted by Crippen LogP contribution is 2.13. The fourth-order valence-corrected chi connectivity index (χ4v) is 1.33. The molecule has 16 heavy (non-hydrogen) atoms. The molecule has 0 radical (unpaired) electrons. The third kappa shape index (κ3) is 8.23. The highest BCUT2D eigenvalue weighted by molar-refractivity contribution is 5.77. The Bertz CT molecular complexity index is 241. The van der Waals surface area contributed by atoms with Crippen molar-refractivity contribution in [1.29, 1.82) is 0 Å². The number of esters is 2. The molecule has 0 aliphatic heterocycles. The van der Waals surface area contributed by atoms with E-state index in [4.69, 9.17) is 4.74 Å². The third-order valence-corrected chi connectivity index (χ3v) is 1.88. The molecular formula is C11H20O5. The van der Waals surface area contributed by atoms with Crippen LogP contribution in [-0.2, 0) is 19.1 Å². The lowest BCUT2D eigenvalue weighted by Gasteiger charge is -2.22. The molecule has 0 aromatic carbocycles. The molecule has 1 N–H and O–H groups in total. The van der Waals surface area contributed by atoms with Gasteiger partial charge in [-0.3, -0.25) is 9.59 Å². The van der Waals surface area contributed by atoms with Crippen molar-refractivity contribution in [1.82, 2.24) is 0 Å². The van der Waals surface area contributed by atoms with Crippen LogP contribution in [0.1, 0.15) is 40.0 Å². The molecule has 94 valence electrons. The highest BCUT2D eigenvalue weighted by Gasteiger charge is 2.20. The molecule has 0 amide bonds. The Morgan fingerprint density at radius 3 is 2.19 bits per heavy atom. The Balaban J connectivity index is 3.83. The molecule has 0 bridgehead atoms. The molecule has 0 spiro atoms. The van der Waals surface area contributed by atoms with Crippen molar-refractivity contribution in [3.63, 3.8) is 0 Å². The molecule has 0 saturated heterocycles. The van der Waals surface area contributed by atoms with Gasteiger partial charge in [-0.15, -0.1) is 0 Å². The molecule has 0 aromatic rings. The summed E-state index contributed by atoms with van der Waals surface area (Å²) in [6, 6.07) is 0. The molecule has 5 nitrogen and oxygen atoms in total. The first-order valence-corrected chi connectivity index (χ1v) is 5.23. The van der Waals surface area contributed by atoms with Gasteiger partial charge in [0, 0.05) is 6.42 Å². The number of methoxy groups -OCH3 is 1. The van der Waals surface area contributed by atoms with Crippen molar-refractivity contribution >= 4 is 11.9 Å². The summed E-state index contributed by atoms with van der Waals surface area (Å²) in [4.78, 5) is 22.0. The predicted molar refractivity (Wildman–Crippen MR) is 57.7 cm³/mol.